The Bertz CT molecular complexity index is 1070. The van der Waals surface area contributed by atoms with Gasteiger partial charge in [-0.1, -0.05) is 26.0 Å². The number of halogens is 1. The number of ether oxygens (including phenoxy) is 2. The fraction of sp³-hybridized carbons (Fsp3) is 0.444. The number of aromatic nitrogens is 2. The van der Waals surface area contributed by atoms with Gasteiger partial charge in [0.15, 0.2) is 0 Å². The first-order valence-electron chi connectivity index (χ1n) is 12.1. The van der Waals surface area contributed by atoms with Crippen LogP contribution in [0.2, 0.25) is 0 Å². The van der Waals surface area contributed by atoms with E-state index < -0.39 is 11.7 Å². The van der Waals surface area contributed by atoms with E-state index in [1.807, 2.05) is 36.7 Å². The third-order valence-electron chi connectivity index (χ3n) is 6.33. The van der Waals surface area contributed by atoms with E-state index in [9.17, 15) is 14.6 Å². The second-order valence-corrected chi connectivity index (χ2v) is 9.49. The van der Waals surface area contributed by atoms with Crippen molar-refractivity contribution in [1.82, 2.24) is 14.5 Å². The fourth-order valence-electron chi connectivity index (χ4n) is 4.38. The molecule has 1 fully saturated rings. The van der Waals surface area contributed by atoms with Crippen LogP contribution in [-0.2, 0) is 13.1 Å². The Hall–Kier alpha value is -2.94. The van der Waals surface area contributed by atoms with Gasteiger partial charge in [0.2, 0.25) is 0 Å². The van der Waals surface area contributed by atoms with Gasteiger partial charge in [-0.15, -0.1) is 0 Å². The van der Waals surface area contributed by atoms with Crippen molar-refractivity contribution in [2.75, 3.05) is 26.3 Å². The van der Waals surface area contributed by atoms with Crippen LogP contribution >= 0.6 is 0 Å². The van der Waals surface area contributed by atoms with Crippen LogP contribution < -0.4 is 9.47 Å². The Morgan fingerprint density at radius 3 is 2.49 bits per heavy atom. The summed E-state index contributed by atoms with van der Waals surface area (Å²) in [7, 11) is 0. The maximum absolute atomic E-state index is 13.1. The highest BCUT2D eigenvalue weighted by Gasteiger charge is 2.42. The second kappa shape index (κ2) is 11.2. The molecule has 3 aromatic rings. The monoisotopic (exact) mass is 483 g/mol. The molecular formula is C27H34FN3O4. The number of hydrogen-bond acceptors (Lipinski definition) is 6. The normalized spacial score (nSPS) is 20.8. The number of imidazole rings is 1. The molecule has 0 spiro atoms. The molecule has 0 unspecified atom stereocenters. The molecule has 2 atom stereocenters. The van der Waals surface area contributed by atoms with Gasteiger partial charge in [0, 0.05) is 37.9 Å². The molecule has 2 aromatic carbocycles. The molecular weight excluding hydrogens is 449 g/mol. The molecule has 2 N–H and O–H groups in total. The lowest BCUT2D eigenvalue weighted by molar-refractivity contribution is -0.140. The molecule has 0 aliphatic carbocycles. The minimum atomic E-state index is -1.40. The van der Waals surface area contributed by atoms with E-state index in [1.54, 1.807) is 0 Å². The Labute approximate surface area is 205 Å². The molecule has 35 heavy (non-hydrogen) atoms. The molecule has 1 aliphatic heterocycles. The number of aliphatic hydroxyl groups is 2. The van der Waals surface area contributed by atoms with E-state index in [-0.39, 0.29) is 19.0 Å². The number of piperidine rings is 1. The smallest absolute Gasteiger partial charge is 0.137 e. The topological polar surface area (TPSA) is 80.0 Å². The lowest BCUT2D eigenvalue weighted by Crippen LogP contribution is -2.59. The van der Waals surface area contributed by atoms with Crippen molar-refractivity contribution < 1.29 is 24.1 Å². The summed E-state index contributed by atoms with van der Waals surface area (Å²) < 4.78 is 26.8. The average molecular weight is 484 g/mol. The molecule has 0 radical (unpaired) electrons. The SMILES string of the molecule is CC(C)c1nccn1CCOc1ccc(CN2CC[C@H](O)[C@@](O)(COc3ccc(F)cc3)C2)cc1. The Kier molecular flexibility index (Phi) is 8.05. The van der Waals surface area contributed by atoms with E-state index in [1.165, 1.54) is 24.3 Å². The first-order chi connectivity index (χ1) is 16.8. The van der Waals surface area contributed by atoms with Crippen molar-refractivity contribution in [3.8, 4) is 11.5 Å². The number of nitrogens with zero attached hydrogens (tertiary/aromatic N) is 3. The van der Waals surface area contributed by atoms with Gasteiger partial charge in [0.25, 0.3) is 0 Å². The number of aliphatic hydroxyl groups excluding tert-OH is 1. The summed E-state index contributed by atoms with van der Waals surface area (Å²) in [6.07, 6.45) is 3.35. The van der Waals surface area contributed by atoms with E-state index in [2.05, 4.69) is 28.3 Å². The highest BCUT2D eigenvalue weighted by molar-refractivity contribution is 5.27. The zero-order chi connectivity index (χ0) is 24.8. The Balaban J connectivity index is 1.27. The summed E-state index contributed by atoms with van der Waals surface area (Å²) >= 11 is 0. The van der Waals surface area contributed by atoms with Crippen molar-refractivity contribution in [3.63, 3.8) is 0 Å². The molecule has 1 saturated heterocycles. The molecule has 0 saturated carbocycles. The number of rotatable bonds is 10. The summed E-state index contributed by atoms with van der Waals surface area (Å²) in [5, 5.41) is 21.5. The summed E-state index contributed by atoms with van der Waals surface area (Å²) in [5.41, 5.74) is -0.315. The summed E-state index contributed by atoms with van der Waals surface area (Å²) in [5.74, 6) is 2.33. The van der Waals surface area contributed by atoms with Gasteiger partial charge in [-0.25, -0.2) is 9.37 Å². The van der Waals surface area contributed by atoms with Crippen molar-refractivity contribution in [1.29, 1.82) is 0 Å². The Morgan fingerprint density at radius 2 is 1.77 bits per heavy atom. The van der Waals surface area contributed by atoms with Crippen molar-refractivity contribution >= 4 is 0 Å². The number of benzene rings is 2. The molecule has 0 amide bonds. The van der Waals surface area contributed by atoms with E-state index >= 15 is 0 Å². The van der Waals surface area contributed by atoms with Crippen molar-refractivity contribution in [2.45, 2.75) is 51.0 Å². The average Bonchev–Trinajstić information content (AvgIpc) is 3.31. The number of hydrogen-bond donors (Lipinski definition) is 2. The highest BCUT2D eigenvalue weighted by Crippen LogP contribution is 2.25. The van der Waals surface area contributed by atoms with Crippen LogP contribution in [-0.4, -0.2) is 62.7 Å². The molecule has 1 aromatic heterocycles. The van der Waals surface area contributed by atoms with Crippen LogP contribution in [0.4, 0.5) is 4.39 Å². The van der Waals surface area contributed by atoms with Gasteiger partial charge >= 0.3 is 0 Å². The first kappa shape index (κ1) is 25.2. The highest BCUT2D eigenvalue weighted by atomic mass is 19.1. The maximum Gasteiger partial charge on any atom is 0.137 e. The maximum atomic E-state index is 13.1. The largest absolute Gasteiger partial charge is 0.492 e. The molecule has 0 bridgehead atoms. The predicted octanol–water partition coefficient (Wildman–Crippen LogP) is 3.60. The molecule has 1 aliphatic rings. The molecule has 8 heteroatoms. The van der Waals surface area contributed by atoms with Crippen LogP contribution in [0.15, 0.2) is 60.9 Å². The van der Waals surface area contributed by atoms with Crippen molar-refractivity contribution in [2.24, 2.45) is 0 Å². The molecule has 7 nitrogen and oxygen atoms in total. The molecule has 188 valence electrons. The predicted molar refractivity (Wildman–Crippen MR) is 131 cm³/mol. The fourth-order valence-corrected chi connectivity index (χ4v) is 4.38. The summed E-state index contributed by atoms with van der Waals surface area (Å²) in [6.45, 7) is 7.06. The quantitative estimate of drug-likeness (QED) is 0.459. The lowest BCUT2D eigenvalue weighted by Gasteiger charge is -2.42. The summed E-state index contributed by atoms with van der Waals surface area (Å²) in [4.78, 5) is 6.50. The van der Waals surface area contributed by atoms with Crippen LogP contribution in [0.1, 0.15) is 37.6 Å². The minimum Gasteiger partial charge on any atom is -0.492 e. The third-order valence-corrected chi connectivity index (χ3v) is 6.33. The Morgan fingerprint density at radius 1 is 1.09 bits per heavy atom. The van der Waals surface area contributed by atoms with Gasteiger partial charge < -0.3 is 24.3 Å². The third kappa shape index (κ3) is 6.60. The van der Waals surface area contributed by atoms with E-state index in [0.29, 0.717) is 37.8 Å². The van der Waals surface area contributed by atoms with Crippen molar-refractivity contribution in [3.05, 3.63) is 78.1 Å². The van der Waals surface area contributed by atoms with Crippen LogP contribution in [0, 0.1) is 5.82 Å². The van der Waals surface area contributed by atoms with Gasteiger partial charge in [0.05, 0.1) is 12.6 Å². The molecule has 2 heterocycles. The van der Waals surface area contributed by atoms with Gasteiger partial charge in [-0.05, 0) is 48.4 Å². The van der Waals surface area contributed by atoms with Gasteiger partial charge in [-0.3, -0.25) is 4.90 Å². The number of β-amino-alcohol motifs (C(OH)–C–C–N with tert-alkyl or cyclic N) is 1. The standard InChI is InChI=1S/C27H34FN3O4/c1-20(2)26-29-12-14-31(26)15-16-34-23-7-3-21(4-8-23)17-30-13-11-25(32)27(33,18-30)19-35-24-9-5-22(28)6-10-24/h3-10,12,14,20,25,32-33H,11,13,15-19H2,1-2H3/t25-,27-/m0/s1. The van der Waals surface area contributed by atoms with Gasteiger partial charge in [-0.2, -0.15) is 0 Å². The van der Waals surface area contributed by atoms with Crippen LogP contribution in [0.25, 0.3) is 0 Å². The molecule has 4 rings (SSSR count). The zero-order valence-electron chi connectivity index (χ0n) is 20.3. The minimum absolute atomic E-state index is 0.0709. The van der Waals surface area contributed by atoms with Gasteiger partial charge in [0.1, 0.15) is 42.0 Å². The second-order valence-electron chi connectivity index (χ2n) is 9.49. The van der Waals surface area contributed by atoms with Crippen LogP contribution in [0.5, 0.6) is 11.5 Å². The van der Waals surface area contributed by atoms with E-state index in [0.717, 1.165) is 23.7 Å². The first-order valence-corrected chi connectivity index (χ1v) is 12.1. The van der Waals surface area contributed by atoms with E-state index in [4.69, 9.17) is 9.47 Å². The zero-order valence-corrected chi connectivity index (χ0v) is 20.3. The number of likely N-dealkylation sites (tertiary alicyclic amines) is 1. The van der Waals surface area contributed by atoms with Crippen LogP contribution in [0.3, 0.4) is 0 Å². The summed E-state index contributed by atoms with van der Waals surface area (Å²) in [6, 6.07) is 13.6. The lowest BCUT2D eigenvalue weighted by atomic mass is 9.90.